The third-order valence-corrected chi connectivity index (χ3v) is 2.77. The third kappa shape index (κ3) is 2.48. The summed E-state index contributed by atoms with van der Waals surface area (Å²) < 4.78 is 5.28. The quantitative estimate of drug-likeness (QED) is 0.770. The van der Waals surface area contributed by atoms with Crippen molar-refractivity contribution >= 4 is 17.9 Å². The molecule has 0 aliphatic heterocycles. The topological polar surface area (TPSA) is 26.3 Å². The average Bonchev–Trinajstić information content (AvgIpc) is 2.39. The molecule has 0 amide bonds. The molecule has 2 rings (SSSR count). The Morgan fingerprint density at radius 3 is 2.41 bits per heavy atom. The van der Waals surface area contributed by atoms with Gasteiger partial charge < -0.3 is 4.74 Å². The Kier molecular flexibility index (Phi) is 3.45. The van der Waals surface area contributed by atoms with E-state index >= 15 is 0 Å². The molecule has 0 aliphatic carbocycles. The van der Waals surface area contributed by atoms with Crippen molar-refractivity contribution in [2.24, 2.45) is 0 Å². The van der Waals surface area contributed by atoms with Gasteiger partial charge in [-0.25, -0.2) is 0 Å². The van der Waals surface area contributed by atoms with E-state index in [0.29, 0.717) is 10.6 Å². The number of carbonyl (C=O) groups excluding carboxylic acids is 1. The van der Waals surface area contributed by atoms with Gasteiger partial charge in [0.15, 0.2) is 0 Å². The minimum atomic E-state index is 0.621. The molecule has 0 spiro atoms. The van der Waals surface area contributed by atoms with Gasteiger partial charge in [0.05, 0.1) is 7.11 Å². The number of carbonyl (C=O) groups is 1. The average molecular weight is 247 g/mol. The lowest BCUT2D eigenvalue weighted by Gasteiger charge is -2.09. The number of methoxy groups -OCH3 is 1. The molecule has 0 saturated carbocycles. The number of hydrogen-bond donors (Lipinski definition) is 0. The van der Waals surface area contributed by atoms with E-state index in [1.54, 1.807) is 25.3 Å². The summed E-state index contributed by atoms with van der Waals surface area (Å²) in [6.45, 7) is 0. The third-order valence-electron chi connectivity index (χ3n) is 2.51. The molecule has 2 aromatic rings. The van der Waals surface area contributed by atoms with Crippen molar-refractivity contribution in [3.63, 3.8) is 0 Å². The second-order valence-corrected chi connectivity index (χ2v) is 4.02. The van der Waals surface area contributed by atoms with Crippen LogP contribution in [0.5, 0.6) is 5.75 Å². The number of ether oxygens (including phenoxy) is 1. The molecule has 3 heteroatoms. The fourth-order valence-corrected chi connectivity index (χ4v) is 1.78. The molecule has 2 aromatic carbocycles. The molecule has 17 heavy (non-hydrogen) atoms. The number of aldehydes is 1. The maximum absolute atomic E-state index is 10.8. The normalized spacial score (nSPS) is 10.0. The first kappa shape index (κ1) is 11.7. The number of benzene rings is 2. The molecule has 0 radical (unpaired) electrons. The summed E-state index contributed by atoms with van der Waals surface area (Å²) in [7, 11) is 1.61. The molecule has 0 fully saturated rings. The molecule has 0 bridgehead atoms. The first-order valence-electron chi connectivity index (χ1n) is 5.14. The molecule has 0 aliphatic rings. The van der Waals surface area contributed by atoms with Crippen LogP contribution >= 0.6 is 11.6 Å². The molecular formula is C14H11ClO2. The smallest absolute Gasteiger partial charge is 0.150 e. The maximum Gasteiger partial charge on any atom is 0.150 e. The molecule has 0 saturated heterocycles. The van der Waals surface area contributed by atoms with Gasteiger partial charge in [-0.1, -0.05) is 23.7 Å². The zero-order valence-corrected chi connectivity index (χ0v) is 10.1. The van der Waals surface area contributed by atoms with Gasteiger partial charge >= 0.3 is 0 Å². The Balaban J connectivity index is 2.55. The van der Waals surface area contributed by atoms with E-state index in [-0.39, 0.29) is 0 Å². The lowest BCUT2D eigenvalue weighted by Crippen LogP contribution is -1.90. The molecule has 2 nitrogen and oxygen atoms in total. The minimum absolute atomic E-state index is 0.621. The van der Waals surface area contributed by atoms with Gasteiger partial charge in [0, 0.05) is 16.1 Å². The Labute approximate surface area is 105 Å². The Morgan fingerprint density at radius 2 is 1.82 bits per heavy atom. The molecule has 0 aromatic heterocycles. The predicted molar refractivity (Wildman–Crippen MR) is 68.8 cm³/mol. The van der Waals surface area contributed by atoms with Gasteiger partial charge in [-0.05, 0) is 35.9 Å². The zero-order chi connectivity index (χ0) is 12.3. The summed E-state index contributed by atoms with van der Waals surface area (Å²) in [5.74, 6) is 0.734. The first-order chi connectivity index (χ1) is 8.24. The lowest BCUT2D eigenvalue weighted by atomic mass is 10.0. The molecule has 0 atom stereocenters. The van der Waals surface area contributed by atoms with Crippen LogP contribution in [0.15, 0.2) is 42.5 Å². The van der Waals surface area contributed by atoms with E-state index in [2.05, 4.69) is 0 Å². The van der Waals surface area contributed by atoms with Crippen molar-refractivity contribution in [3.8, 4) is 16.9 Å². The van der Waals surface area contributed by atoms with Gasteiger partial charge in [-0.15, -0.1) is 0 Å². The van der Waals surface area contributed by atoms with Crippen LogP contribution < -0.4 is 4.74 Å². The molecule has 86 valence electrons. The fourth-order valence-electron chi connectivity index (χ4n) is 1.65. The highest BCUT2D eigenvalue weighted by Gasteiger charge is 2.06. The van der Waals surface area contributed by atoms with Crippen molar-refractivity contribution in [2.45, 2.75) is 0 Å². The van der Waals surface area contributed by atoms with E-state index in [1.807, 2.05) is 24.3 Å². The van der Waals surface area contributed by atoms with Crippen molar-refractivity contribution < 1.29 is 9.53 Å². The predicted octanol–water partition coefficient (Wildman–Crippen LogP) is 3.83. The highest BCUT2D eigenvalue weighted by molar-refractivity contribution is 6.30. The monoisotopic (exact) mass is 246 g/mol. The molecule has 0 N–H and O–H groups in total. The second kappa shape index (κ2) is 5.02. The summed E-state index contributed by atoms with van der Waals surface area (Å²) in [6.07, 6.45) is 0.818. The van der Waals surface area contributed by atoms with E-state index < -0.39 is 0 Å². The van der Waals surface area contributed by atoms with Crippen LogP contribution in [0.4, 0.5) is 0 Å². The van der Waals surface area contributed by atoms with Crippen molar-refractivity contribution in [1.82, 2.24) is 0 Å². The van der Waals surface area contributed by atoms with Crippen LogP contribution in [0.1, 0.15) is 10.4 Å². The van der Waals surface area contributed by atoms with Crippen molar-refractivity contribution in [1.29, 1.82) is 0 Å². The van der Waals surface area contributed by atoms with Crippen LogP contribution in [0.2, 0.25) is 5.02 Å². The molecule has 0 unspecified atom stereocenters. The Bertz CT molecular complexity index is 532. The van der Waals surface area contributed by atoms with Gasteiger partial charge in [-0.2, -0.15) is 0 Å². The molecular weight excluding hydrogens is 236 g/mol. The first-order valence-corrected chi connectivity index (χ1v) is 5.51. The minimum Gasteiger partial charge on any atom is -0.496 e. The van der Waals surface area contributed by atoms with Gasteiger partial charge in [0.2, 0.25) is 0 Å². The van der Waals surface area contributed by atoms with Crippen LogP contribution in [0.3, 0.4) is 0 Å². The van der Waals surface area contributed by atoms with Crippen LogP contribution in [0.25, 0.3) is 11.1 Å². The van der Waals surface area contributed by atoms with E-state index in [4.69, 9.17) is 16.3 Å². The lowest BCUT2D eigenvalue weighted by molar-refractivity contribution is 0.112. The fraction of sp³-hybridized carbons (Fsp3) is 0.0714. The summed E-state index contributed by atoms with van der Waals surface area (Å²) >= 11 is 5.84. The largest absolute Gasteiger partial charge is 0.496 e. The highest BCUT2D eigenvalue weighted by Crippen LogP contribution is 2.31. The van der Waals surface area contributed by atoms with E-state index in [9.17, 15) is 4.79 Å². The summed E-state index contributed by atoms with van der Waals surface area (Å²) in [5, 5.41) is 0.680. The van der Waals surface area contributed by atoms with E-state index in [0.717, 1.165) is 23.2 Å². The van der Waals surface area contributed by atoms with Crippen LogP contribution in [0, 0.1) is 0 Å². The van der Waals surface area contributed by atoms with Gasteiger partial charge in [0.1, 0.15) is 12.0 Å². The standard InChI is InChI=1S/C14H11ClO2/c1-17-14-7-2-10(9-16)8-13(14)11-3-5-12(15)6-4-11/h2-9H,1H3. The number of rotatable bonds is 3. The Hall–Kier alpha value is -1.80. The van der Waals surface area contributed by atoms with Crippen LogP contribution in [-0.2, 0) is 0 Å². The number of hydrogen-bond acceptors (Lipinski definition) is 2. The number of halogens is 1. The highest BCUT2D eigenvalue weighted by atomic mass is 35.5. The maximum atomic E-state index is 10.8. The summed E-state index contributed by atoms with van der Waals surface area (Å²) in [5.41, 5.74) is 2.47. The SMILES string of the molecule is COc1ccc(C=O)cc1-c1ccc(Cl)cc1. The van der Waals surface area contributed by atoms with Gasteiger partial charge in [0.25, 0.3) is 0 Å². The van der Waals surface area contributed by atoms with Crippen molar-refractivity contribution in [3.05, 3.63) is 53.1 Å². The van der Waals surface area contributed by atoms with Crippen molar-refractivity contribution in [2.75, 3.05) is 7.11 Å². The van der Waals surface area contributed by atoms with E-state index in [1.165, 1.54) is 0 Å². The van der Waals surface area contributed by atoms with Gasteiger partial charge in [-0.3, -0.25) is 4.79 Å². The summed E-state index contributed by atoms with van der Waals surface area (Å²) in [4.78, 5) is 10.8. The van der Waals surface area contributed by atoms with Crippen LogP contribution in [-0.4, -0.2) is 13.4 Å². The molecule has 0 heterocycles. The second-order valence-electron chi connectivity index (χ2n) is 3.58. The summed E-state index contributed by atoms with van der Waals surface area (Å²) in [6, 6.07) is 12.7. The zero-order valence-electron chi connectivity index (χ0n) is 9.31. The Morgan fingerprint density at radius 1 is 1.12 bits per heavy atom.